The van der Waals surface area contributed by atoms with Gasteiger partial charge in [0, 0.05) is 5.92 Å². The highest BCUT2D eigenvalue weighted by Gasteiger charge is 2.32. The van der Waals surface area contributed by atoms with Crippen LogP contribution in [0.3, 0.4) is 0 Å². The molecule has 1 aliphatic carbocycles. The lowest BCUT2D eigenvalue weighted by molar-refractivity contribution is -0.126. The Morgan fingerprint density at radius 1 is 1.42 bits per heavy atom. The van der Waals surface area contributed by atoms with E-state index in [2.05, 4.69) is 0 Å². The first-order chi connectivity index (χ1) is 5.38. The van der Waals surface area contributed by atoms with Crippen molar-refractivity contribution in [3.8, 4) is 0 Å². The number of carbonyl (C=O) groups excluding carboxylic acids is 1. The van der Waals surface area contributed by atoms with Crippen molar-refractivity contribution < 1.29 is 13.2 Å². The number of hydrogen-bond donors (Lipinski definition) is 1. The molecule has 1 fully saturated rings. The standard InChI is InChI=1S/C7H13NO3S/c1-5-3-6(4-5)7(9)8-12(2,10)11/h5-6H,3-4H2,1-2H3,(H,8,9). The van der Waals surface area contributed by atoms with Crippen molar-refractivity contribution in [3.63, 3.8) is 0 Å². The van der Waals surface area contributed by atoms with Crippen molar-refractivity contribution >= 4 is 15.9 Å². The van der Waals surface area contributed by atoms with Gasteiger partial charge in [-0.05, 0) is 18.8 Å². The van der Waals surface area contributed by atoms with E-state index in [9.17, 15) is 13.2 Å². The Hall–Kier alpha value is -0.580. The molecule has 0 aromatic carbocycles. The van der Waals surface area contributed by atoms with Crippen LogP contribution < -0.4 is 4.72 Å². The molecule has 0 atom stereocenters. The van der Waals surface area contributed by atoms with Crippen LogP contribution in [0.4, 0.5) is 0 Å². The fourth-order valence-corrected chi connectivity index (χ4v) is 1.91. The van der Waals surface area contributed by atoms with Crippen LogP contribution in [0.25, 0.3) is 0 Å². The van der Waals surface area contributed by atoms with Gasteiger partial charge in [0.2, 0.25) is 15.9 Å². The summed E-state index contributed by atoms with van der Waals surface area (Å²) in [7, 11) is -3.36. The molecular formula is C7H13NO3S. The van der Waals surface area contributed by atoms with Crippen molar-refractivity contribution in [2.75, 3.05) is 6.26 Å². The van der Waals surface area contributed by atoms with E-state index < -0.39 is 10.0 Å². The molecular weight excluding hydrogens is 178 g/mol. The monoisotopic (exact) mass is 191 g/mol. The van der Waals surface area contributed by atoms with Crippen molar-refractivity contribution in [2.45, 2.75) is 19.8 Å². The molecule has 0 aliphatic heterocycles. The Morgan fingerprint density at radius 3 is 2.25 bits per heavy atom. The maximum absolute atomic E-state index is 11.1. The number of amides is 1. The molecule has 0 radical (unpaired) electrons. The number of rotatable bonds is 2. The third-order valence-corrected chi connectivity index (χ3v) is 2.60. The summed E-state index contributed by atoms with van der Waals surface area (Å²) in [6.45, 7) is 2.05. The zero-order valence-corrected chi connectivity index (χ0v) is 8.02. The second kappa shape index (κ2) is 3.05. The van der Waals surface area contributed by atoms with Gasteiger partial charge in [-0.1, -0.05) is 6.92 Å². The molecule has 5 heteroatoms. The Labute approximate surface area is 72.4 Å². The van der Waals surface area contributed by atoms with Crippen LogP contribution in [0.1, 0.15) is 19.8 Å². The highest BCUT2D eigenvalue weighted by Crippen LogP contribution is 2.32. The molecule has 0 aromatic rings. The second-order valence-electron chi connectivity index (χ2n) is 3.51. The maximum atomic E-state index is 11.1. The number of hydrogen-bond acceptors (Lipinski definition) is 3. The Morgan fingerprint density at radius 2 is 1.92 bits per heavy atom. The highest BCUT2D eigenvalue weighted by atomic mass is 32.2. The van der Waals surface area contributed by atoms with Crippen molar-refractivity contribution in [3.05, 3.63) is 0 Å². The van der Waals surface area contributed by atoms with Gasteiger partial charge in [0.25, 0.3) is 0 Å². The summed E-state index contributed by atoms with van der Waals surface area (Å²) in [4.78, 5) is 11.1. The summed E-state index contributed by atoms with van der Waals surface area (Å²) in [5, 5.41) is 0. The van der Waals surface area contributed by atoms with Crippen LogP contribution in [-0.4, -0.2) is 20.6 Å². The van der Waals surface area contributed by atoms with E-state index in [0.29, 0.717) is 5.92 Å². The first kappa shape index (κ1) is 9.51. The van der Waals surface area contributed by atoms with Gasteiger partial charge in [0.05, 0.1) is 6.26 Å². The quantitative estimate of drug-likeness (QED) is 0.673. The minimum Gasteiger partial charge on any atom is -0.274 e. The van der Waals surface area contributed by atoms with Crippen LogP contribution in [0.15, 0.2) is 0 Å². The molecule has 1 rings (SSSR count). The molecule has 0 saturated heterocycles. The fourth-order valence-electron chi connectivity index (χ4n) is 1.38. The van der Waals surface area contributed by atoms with E-state index in [-0.39, 0.29) is 11.8 Å². The SMILES string of the molecule is CC1CC(C(=O)NS(C)(=O)=O)C1. The lowest BCUT2D eigenvalue weighted by Crippen LogP contribution is -2.40. The average molecular weight is 191 g/mol. The topological polar surface area (TPSA) is 63.2 Å². The van der Waals surface area contributed by atoms with Gasteiger partial charge in [-0.2, -0.15) is 0 Å². The van der Waals surface area contributed by atoms with E-state index >= 15 is 0 Å². The lowest BCUT2D eigenvalue weighted by Gasteiger charge is -2.30. The molecule has 70 valence electrons. The maximum Gasteiger partial charge on any atom is 0.236 e. The van der Waals surface area contributed by atoms with E-state index in [0.717, 1.165) is 19.1 Å². The first-order valence-corrected chi connectivity index (χ1v) is 5.79. The molecule has 0 heterocycles. The van der Waals surface area contributed by atoms with Gasteiger partial charge >= 0.3 is 0 Å². The zero-order chi connectivity index (χ0) is 9.35. The van der Waals surface area contributed by atoms with Crippen LogP contribution in [0.2, 0.25) is 0 Å². The fraction of sp³-hybridized carbons (Fsp3) is 0.857. The van der Waals surface area contributed by atoms with Crippen molar-refractivity contribution in [1.82, 2.24) is 4.72 Å². The van der Waals surface area contributed by atoms with E-state index in [1.807, 2.05) is 11.6 Å². The molecule has 12 heavy (non-hydrogen) atoms. The smallest absolute Gasteiger partial charge is 0.236 e. The number of carbonyl (C=O) groups is 1. The third kappa shape index (κ3) is 2.48. The molecule has 0 aromatic heterocycles. The lowest BCUT2D eigenvalue weighted by atomic mass is 9.76. The predicted molar refractivity (Wildman–Crippen MR) is 44.9 cm³/mol. The van der Waals surface area contributed by atoms with E-state index in [1.54, 1.807) is 0 Å². The van der Waals surface area contributed by atoms with Crippen LogP contribution in [-0.2, 0) is 14.8 Å². The minimum absolute atomic E-state index is 0.0882. The number of nitrogens with one attached hydrogen (secondary N) is 1. The minimum atomic E-state index is -3.36. The molecule has 1 amide bonds. The highest BCUT2D eigenvalue weighted by molar-refractivity contribution is 7.89. The molecule has 0 spiro atoms. The van der Waals surface area contributed by atoms with Gasteiger partial charge < -0.3 is 0 Å². The van der Waals surface area contributed by atoms with Crippen LogP contribution in [0, 0.1) is 11.8 Å². The third-order valence-electron chi connectivity index (χ3n) is 2.03. The summed E-state index contributed by atoms with van der Waals surface area (Å²) in [5.41, 5.74) is 0. The molecule has 0 bridgehead atoms. The van der Waals surface area contributed by atoms with Crippen molar-refractivity contribution in [2.24, 2.45) is 11.8 Å². The van der Waals surface area contributed by atoms with E-state index in [1.165, 1.54) is 0 Å². The van der Waals surface area contributed by atoms with Gasteiger partial charge in [0.15, 0.2) is 0 Å². The van der Waals surface area contributed by atoms with Crippen LogP contribution in [0.5, 0.6) is 0 Å². The van der Waals surface area contributed by atoms with E-state index in [4.69, 9.17) is 0 Å². The molecule has 1 aliphatic rings. The van der Waals surface area contributed by atoms with Gasteiger partial charge in [-0.25, -0.2) is 8.42 Å². The summed E-state index contributed by atoms with van der Waals surface area (Å²) < 4.78 is 23.2. The van der Waals surface area contributed by atoms with Gasteiger partial charge in [-0.15, -0.1) is 0 Å². The average Bonchev–Trinajstić information content (AvgIpc) is 1.76. The Balaban J connectivity index is 2.41. The molecule has 1 N–H and O–H groups in total. The normalized spacial score (nSPS) is 29.2. The van der Waals surface area contributed by atoms with Crippen LogP contribution >= 0.6 is 0 Å². The van der Waals surface area contributed by atoms with Gasteiger partial charge in [-0.3, -0.25) is 9.52 Å². The molecule has 1 saturated carbocycles. The zero-order valence-electron chi connectivity index (χ0n) is 7.20. The molecule has 4 nitrogen and oxygen atoms in total. The summed E-state index contributed by atoms with van der Waals surface area (Å²) in [6.07, 6.45) is 2.61. The Kier molecular flexibility index (Phi) is 2.41. The largest absolute Gasteiger partial charge is 0.274 e. The molecule has 0 unspecified atom stereocenters. The summed E-state index contributed by atoms with van der Waals surface area (Å²) in [5.74, 6) is 0.116. The summed E-state index contributed by atoms with van der Waals surface area (Å²) in [6, 6.07) is 0. The predicted octanol–water partition coefficient (Wildman–Crippen LogP) is 0.108. The first-order valence-electron chi connectivity index (χ1n) is 3.90. The van der Waals surface area contributed by atoms with Crippen molar-refractivity contribution in [1.29, 1.82) is 0 Å². The summed E-state index contributed by atoms with van der Waals surface area (Å²) >= 11 is 0. The van der Waals surface area contributed by atoms with Gasteiger partial charge in [0.1, 0.15) is 0 Å². The number of sulfonamides is 1. The second-order valence-corrected chi connectivity index (χ2v) is 5.26. The Bertz CT molecular complexity index is 277.